The molecule has 0 radical (unpaired) electrons. The number of nitrogens with zero attached hydrogens (tertiary/aromatic N) is 2. The van der Waals surface area contributed by atoms with Crippen molar-refractivity contribution in [3.05, 3.63) is 29.8 Å². The molecule has 1 aromatic carbocycles. The van der Waals surface area contributed by atoms with Gasteiger partial charge in [-0.1, -0.05) is 18.6 Å². The minimum absolute atomic E-state index is 0.566. The van der Waals surface area contributed by atoms with E-state index >= 15 is 0 Å². The van der Waals surface area contributed by atoms with Gasteiger partial charge >= 0.3 is 0 Å². The summed E-state index contributed by atoms with van der Waals surface area (Å²) in [5, 5.41) is 0. The fourth-order valence-corrected chi connectivity index (χ4v) is 2.91. The second-order valence-electron chi connectivity index (χ2n) is 6.77. The Morgan fingerprint density at radius 1 is 1.09 bits per heavy atom. The molecule has 1 unspecified atom stereocenters. The first-order valence-electron chi connectivity index (χ1n) is 8.75. The molecule has 1 aliphatic heterocycles. The Morgan fingerprint density at radius 2 is 1.77 bits per heavy atom. The van der Waals surface area contributed by atoms with Crippen molar-refractivity contribution in [3.63, 3.8) is 0 Å². The Bertz CT molecular complexity index is 410. The van der Waals surface area contributed by atoms with Crippen LogP contribution in [0.4, 0.5) is 0 Å². The van der Waals surface area contributed by atoms with Crippen molar-refractivity contribution >= 4 is 0 Å². The van der Waals surface area contributed by atoms with Crippen LogP contribution in [-0.2, 0) is 6.42 Å². The van der Waals surface area contributed by atoms with Gasteiger partial charge in [0.1, 0.15) is 5.75 Å². The first-order valence-corrected chi connectivity index (χ1v) is 8.75. The van der Waals surface area contributed by atoms with Crippen LogP contribution in [-0.4, -0.2) is 56.2 Å². The van der Waals surface area contributed by atoms with Gasteiger partial charge in [-0.3, -0.25) is 0 Å². The molecule has 0 aromatic heterocycles. The standard InChI is InChI=1S/C19H32N2O/c1-17(20(2)3)16-18-8-10-19(11-9-18)22-15-7-14-21-12-5-4-6-13-21/h8-11,17H,4-7,12-16H2,1-3H3. The van der Waals surface area contributed by atoms with Crippen molar-refractivity contribution in [2.75, 3.05) is 40.3 Å². The lowest BCUT2D eigenvalue weighted by Gasteiger charge is -2.26. The second kappa shape index (κ2) is 9.16. The minimum atomic E-state index is 0.566. The zero-order valence-electron chi connectivity index (χ0n) is 14.6. The Hall–Kier alpha value is -1.06. The van der Waals surface area contributed by atoms with Gasteiger partial charge in [0.15, 0.2) is 0 Å². The van der Waals surface area contributed by atoms with E-state index in [1.165, 1.54) is 44.5 Å². The zero-order valence-corrected chi connectivity index (χ0v) is 14.6. The average Bonchev–Trinajstić information content (AvgIpc) is 2.54. The molecule has 1 saturated heterocycles. The number of ether oxygens (including phenoxy) is 1. The quantitative estimate of drug-likeness (QED) is 0.684. The van der Waals surface area contributed by atoms with Gasteiger partial charge in [-0.25, -0.2) is 0 Å². The van der Waals surface area contributed by atoms with E-state index in [1.807, 2.05) is 0 Å². The van der Waals surface area contributed by atoms with E-state index in [9.17, 15) is 0 Å². The van der Waals surface area contributed by atoms with Crippen LogP contribution in [0, 0.1) is 0 Å². The van der Waals surface area contributed by atoms with Crippen molar-refractivity contribution < 1.29 is 4.74 Å². The van der Waals surface area contributed by atoms with Crippen LogP contribution < -0.4 is 4.74 Å². The predicted octanol–water partition coefficient (Wildman–Crippen LogP) is 3.43. The van der Waals surface area contributed by atoms with Crippen molar-refractivity contribution in [1.82, 2.24) is 9.80 Å². The molecule has 0 saturated carbocycles. The van der Waals surface area contributed by atoms with E-state index in [0.717, 1.165) is 25.2 Å². The van der Waals surface area contributed by atoms with E-state index in [2.05, 4.69) is 55.1 Å². The van der Waals surface area contributed by atoms with Crippen molar-refractivity contribution in [2.45, 2.75) is 45.1 Å². The van der Waals surface area contributed by atoms with Crippen LogP contribution in [0.3, 0.4) is 0 Å². The minimum Gasteiger partial charge on any atom is -0.494 e. The summed E-state index contributed by atoms with van der Waals surface area (Å²) in [6.45, 7) is 6.81. The first-order chi connectivity index (χ1) is 10.6. The third kappa shape index (κ3) is 5.98. The highest BCUT2D eigenvalue weighted by Crippen LogP contribution is 2.15. The fourth-order valence-electron chi connectivity index (χ4n) is 2.91. The smallest absolute Gasteiger partial charge is 0.119 e. The van der Waals surface area contributed by atoms with Crippen molar-refractivity contribution in [3.8, 4) is 5.75 Å². The highest BCUT2D eigenvalue weighted by molar-refractivity contribution is 5.27. The zero-order chi connectivity index (χ0) is 15.8. The summed E-state index contributed by atoms with van der Waals surface area (Å²) < 4.78 is 5.87. The molecule has 0 N–H and O–H groups in total. The molecule has 22 heavy (non-hydrogen) atoms. The summed E-state index contributed by atoms with van der Waals surface area (Å²) >= 11 is 0. The number of rotatable bonds is 8. The summed E-state index contributed by atoms with van der Waals surface area (Å²) in [6.07, 6.45) is 6.36. The maximum absolute atomic E-state index is 5.87. The first kappa shape index (κ1) is 17.3. The third-order valence-electron chi connectivity index (χ3n) is 4.67. The monoisotopic (exact) mass is 304 g/mol. The molecule has 1 aromatic rings. The number of benzene rings is 1. The van der Waals surface area contributed by atoms with Gasteiger partial charge in [0, 0.05) is 12.6 Å². The Balaban J connectivity index is 1.65. The van der Waals surface area contributed by atoms with Crippen LogP contribution >= 0.6 is 0 Å². The van der Waals surface area contributed by atoms with Crippen molar-refractivity contribution in [2.24, 2.45) is 0 Å². The van der Waals surface area contributed by atoms with E-state index in [0.29, 0.717) is 6.04 Å². The number of hydrogen-bond acceptors (Lipinski definition) is 3. The Morgan fingerprint density at radius 3 is 2.41 bits per heavy atom. The lowest BCUT2D eigenvalue weighted by Crippen LogP contribution is -2.31. The molecular weight excluding hydrogens is 272 g/mol. The molecule has 0 spiro atoms. The van der Waals surface area contributed by atoms with Gasteiger partial charge in [0.2, 0.25) is 0 Å². The van der Waals surface area contributed by atoms with Crippen LogP contribution in [0.25, 0.3) is 0 Å². The normalized spacial score (nSPS) is 17.6. The Labute approximate surface area is 136 Å². The molecule has 2 rings (SSSR count). The highest BCUT2D eigenvalue weighted by atomic mass is 16.5. The molecule has 124 valence electrons. The molecule has 1 aliphatic rings. The summed E-state index contributed by atoms with van der Waals surface area (Å²) in [5.41, 5.74) is 1.38. The maximum Gasteiger partial charge on any atom is 0.119 e. The van der Waals surface area contributed by atoms with E-state index < -0.39 is 0 Å². The second-order valence-corrected chi connectivity index (χ2v) is 6.77. The molecular formula is C19H32N2O. The topological polar surface area (TPSA) is 15.7 Å². The third-order valence-corrected chi connectivity index (χ3v) is 4.67. The van der Waals surface area contributed by atoms with Gasteiger partial charge in [-0.15, -0.1) is 0 Å². The average molecular weight is 304 g/mol. The van der Waals surface area contributed by atoms with Gasteiger partial charge in [-0.2, -0.15) is 0 Å². The number of hydrogen-bond donors (Lipinski definition) is 0. The summed E-state index contributed by atoms with van der Waals surface area (Å²) in [6, 6.07) is 9.17. The molecule has 0 amide bonds. The van der Waals surface area contributed by atoms with E-state index in [-0.39, 0.29) is 0 Å². The highest BCUT2D eigenvalue weighted by Gasteiger charge is 2.09. The summed E-state index contributed by atoms with van der Waals surface area (Å²) in [7, 11) is 4.26. The number of likely N-dealkylation sites (N-methyl/N-ethyl adjacent to an activating group) is 1. The van der Waals surface area contributed by atoms with Crippen LogP contribution in [0.15, 0.2) is 24.3 Å². The Kier molecular flexibility index (Phi) is 7.20. The van der Waals surface area contributed by atoms with Crippen LogP contribution in [0.2, 0.25) is 0 Å². The van der Waals surface area contributed by atoms with E-state index in [4.69, 9.17) is 4.74 Å². The van der Waals surface area contributed by atoms with E-state index in [1.54, 1.807) is 0 Å². The molecule has 1 fully saturated rings. The largest absolute Gasteiger partial charge is 0.494 e. The number of likely N-dealkylation sites (tertiary alicyclic amines) is 1. The van der Waals surface area contributed by atoms with Gasteiger partial charge in [0.25, 0.3) is 0 Å². The predicted molar refractivity (Wildman–Crippen MR) is 93.7 cm³/mol. The number of piperidine rings is 1. The molecule has 0 aliphatic carbocycles. The molecule has 0 bridgehead atoms. The lowest BCUT2D eigenvalue weighted by molar-refractivity contribution is 0.205. The van der Waals surface area contributed by atoms with Crippen molar-refractivity contribution in [1.29, 1.82) is 0 Å². The van der Waals surface area contributed by atoms with Crippen LogP contribution in [0.5, 0.6) is 5.75 Å². The molecule has 3 heteroatoms. The van der Waals surface area contributed by atoms with Gasteiger partial charge in [0.05, 0.1) is 6.61 Å². The molecule has 1 atom stereocenters. The molecule has 1 heterocycles. The van der Waals surface area contributed by atoms with Crippen LogP contribution in [0.1, 0.15) is 38.2 Å². The SMILES string of the molecule is CC(Cc1ccc(OCCCN2CCCCC2)cc1)N(C)C. The maximum atomic E-state index is 5.87. The molecule has 3 nitrogen and oxygen atoms in total. The summed E-state index contributed by atoms with van der Waals surface area (Å²) in [4.78, 5) is 4.82. The lowest BCUT2D eigenvalue weighted by atomic mass is 10.1. The summed E-state index contributed by atoms with van der Waals surface area (Å²) in [5.74, 6) is 1.000. The van der Waals surface area contributed by atoms with Gasteiger partial charge in [-0.05, 0) is 77.5 Å². The van der Waals surface area contributed by atoms with Gasteiger partial charge < -0.3 is 14.5 Å². The fraction of sp³-hybridized carbons (Fsp3) is 0.684.